The number of carbonyl (C=O) groups excluding carboxylic acids is 1. The Kier molecular flexibility index (Phi) is 3.47. The van der Waals surface area contributed by atoms with Crippen LogP contribution < -0.4 is 0 Å². The molecule has 1 unspecified atom stereocenters. The molecular weight excluding hydrogens is 178 g/mol. The Morgan fingerprint density at radius 3 is 3.07 bits per heavy atom. The largest absolute Gasteiger partial charge is 0.454 e. The second-order valence-corrected chi connectivity index (χ2v) is 3.44. The summed E-state index contributed by atoms with van der Waals surface area (Å²) in [7, 11) is 0. The van der Waals surface area contributed by atoms with Crippen molar-refractivity contribution in [2.45, 2.75) is 32.3 Å². The van der Waals surface area contributed by atoms with Gasteiger partial charge in [0, 0.05) is 0 Å². The van der Waals surface area contributed by atoms with E-state index in [1.54, 1.807) is 6.07 Å². The van der Waals surface area contributed by atoms with Gasteiger partial charge < -0.3 is 4.74 Å². The van der Waals surface area contributed by atoms with E-state index < -0.39 is 5.97 Å². The van der Waals surface area contributed by atoms with Gasteiger partial charge in [-0.05, 0) is 32.3 Å². The maximum atomic E-state index is 11.2. The van der Waals surface area contributed by atoms with Crippen LogP contribution in [-0.4, -0.2) is 12.1 Å². The van der Waals surface area contributed by atoms with Crippen LogP contribution in [0.4, 0.5) is 0 Å². The fourth-order valence-corrected chi connectivity index (χ4v) is 1.41. The quantitative estimate of drug-likeness (QED) is 0.291. The SMILES string of the molecule is C=C(C#N)C(=O)OC1C=C(C)CCC1. The van der Waals surface area contributed by atoms with Crippen LogP contribution in [-0.2, 0) is 9.53 Å². The minimum Gasteiger partial charge on any atom is -0.454 e. The first-order chi connectivity index (χ1) is 6.63. The maximum Gasteiger partial charge on any atom is 0.348 e. The molecule has 0 aromatic carbocycles. The van der Waals surface area contributed by atoms with Gasteiger partial charge in [0.05, 0.1) is 0 Å². The maximum absolute atomic E-state index is 11.2. The van der Waals surface area contributed by atoms with Crippen molar-refractivity contribution in [2.75, 3.05) is 0 Å². The molecule has 14 heavy (non-hydrogen) atoms. The molecule has 1 aliphatic rings. The fraction of sp³-hybridized carbons (Fsp3) is 0.455. The summed E-state index contributed by atoms with van der Waals surface area (Å²) in [6.07, 6.45) is 4.68. The number of rotatable bonds is 2. The minimum atomic E-state index is -0.608. The van der Waals surface area contributed by atoms with E-state index in [1.807, 2.05) is 13.0 Å². The van der Waals surface area contributed by atoms with Gasteiger partial charge in [0.1, 0.15) is 17.7 Å². The Morgan fingerprint density at radius 2 is 2.50 bits per heavy atom. The average molecular weight is 191 g/mol. The van der Waals surface area contributed by atoms with E-state index in [4.69, 9.17) is 10.00 Å². The number of carbonyl (C=O) groups is 1. The molecule has 0 amide bonds. The molecule has 0 aromatic heterocycles. The molecule has 0 aromatic rings. The van der Waals surface area contributed by atoms with Crippen LogP contribution in [0.25, 0.3) is 0 Å². The minimum absolute atomic E-state index is 0.137. The summed E-state index contributed by atoms with van der Waals surface area (Å²) >= 11 is 0. The van der Waals surface area contributed by atoms with Crippen LogP contribution in [0.2, 0.25) is 0 Å². The lowest BCUT2D eigenvalue weighted by atomic mass is 9.99. The molecule has 0 heterocycles. The fourth-order valence-electron chi connectivity index (χ4n) is 1.41. The van der Waals surface area contributed by atoms with Crippen molar-refractivity contribution >= 4 is 5.97 Å². The lowest BCUT2D eigenvalue weighted by Crippen LogP contribution is -2.19. The standard InChI is InChI=1S/C11H13NO2/c1-8-4-3-5-10(6-8)14-11(13)9(2)7-12/h6,10H,2-5H2,1H3. The molecule has 0 spiro atoms. The average Bonchev–Trinajstić information content (AvgIpc) is 2.16. The number of hydrogen-bond acceptors (Lipinski definition) is 3. The molecule has 74 valence electrons. The zero-order valence-corrected chi connectivity index (χ0v) is 8.25. The predicted molar refractivity (Wildman–Crippen MR) is 52.2 cm³/mol. The highest BCUT2D eigenvalue weighted by atomic mass is 16.5. The molecular formula is C11H13NO2. The zero-order chi connectivity index (χ0) is 10.6. The number of hydrogen-bond donors (Lipinski definition) is 0. The lowest BCUT2D eigenvalue weighted by molar-refractivity contribution is -0.142. The van der Waals surface area contributed by atoms with Crippen molar-refractivity contribution in [3.8, 4) is 6.07 Å². The van der Waals surface area contributed by atoms with Crippen molar-refractivity contribution in [3.05, 3.63) is 23.8 Å². The van der Waals surface area contributed by atoms with Crippen molar-refractivity contribution in [1.29, 1.82) is 5.26 Å². The summed E-state index contributed by atoms with van der Waals surface area (Å²) in [4.78, 5) is 11.2. The van der Waals surface area contributed by atoms with Crippen LogP contribution in [0.3, 0.4) is 0 Å². The van der Waals surface area contributed by atoms with E-state index in [-0.39, 0.29) is 11.7 Å². The molecule has 0 aliphatic heterocycles. The van der Waals surface area contributed by atoms with Crippen LogP contribution >= 0.6 is 0 Å². The van der Waals surface area contributed by atoms with E-state index >= 15 is 0 Å². The third-order valence-electron chi connectivity index (χ3n) is 2.17. The highest BCUT2D eigenvalue weighted by Crippen LogP contribution is 2.20. The van der Waals surface area contributed by atoms with Crippen LogP contribution in [0.5, 0.6) is 0 Å². The first kappa shape index (κ1) is 10.5. The second-order valence-electron chi connectivity index (χ2n) is 3.44. The van der Waals surface area contributed by atoms with Crippen molar-refractivity contribution in [2.24, 2.45) is 0 Å². The first-order valence-electron chi connectivity index (χ1n) is 4.60. The third kappa shape index (κ3) is 2.74. The van der Waals surface area contributed by atoms with Crippen molar-refractivity contribution in [1.82, 2.24) is 0 Å². The Morgan fingerprint density at radius 1 is 1.79 bits per heavy atom. The van der Waals surface area contributed by atoms with Gasteiger partial charge in [0.15, 0.2) is 0 Å². The van der Waals surface area contributed by atoms with Gasteiger partial charge in [-0.1, -0.05) is 12.2 Å². The van der Waals surface area contributed by atoms with Gasteiger partial charge in [0.2, 0.25) is 0 Å². The Balaban J connectivity index is 2.53. The Bertz CT molecular complexity index is 323. The van der Waals surface area contributed by atoms with Crippen LogP contribution in [0.15, 0.2) is 23.8 Å². The van der Waals surface area contributed by atoms with E-state index in [9.17, 15) is 4.79 Å². The molecule has 1 rings (SSSR count). The molecule has 0 saturated heterocycles. The third-order valence-corrected chi connectivity index (χ3v) is 2.17. The normalized spacial score (nSPS) is 20.6. The van der Waals surface area contributed by atoms with Crippen LogP contribution in [0.1, 0.15) is 26.2 Å². The molecule has 0 N–H and O–H groups in total. The van der Waals surface area contributed by atoms with Gasteiger partial charge >= 0.3 is 5.97 Å². The Hall–Kier alpha value is -1.56. The summed E-state index contributed by atoms with van der Waals surface area (Å²) in [6, 6.07) is 1.68. The van der Waals surface area contributed by atoms with Crippen LogP contribution in [0, 0.1) is 11.3 Å². The predicted octanol–water partition coefficient (Wildman–Crippen LogP) is 2.11. The summed E-state index contributed by atoms with van der Waals surface area (Å²) in [5.41, 5.74) is 1.10. The van der Waals surface area contributed by atoms with Gasteiger partial charge in [-0.25, -0.2) is 4.79 Å². The van der Waals surface area contributed by atoms with Gasteiger partial charge in [0.25, 0.3) is 0 Å². The number of allylic oxidation sites excluding steroid dienone is 1. The summed E-state index contributed by atoms with van der Waals surface area (Å²) in [5, 5.41) is 8.42. The monoisotopic (exact) mass is 191 g/mol. The van der Waals surface area contributed by atoms with Crippen molar-refractivity contribution in [3.63, 3.8) is 0 Å². The van der Waals surface area contributed by atoms with E-state index in [0.717, 1.165) is 19.3 Å². The smallest absolute Gasteiger partial charge is 0.348 e. The highest BCUT2D eigenvalue weighted by Gasteiger charge is 2.17. The summed E-state index contributed by atoms with van der Waals surface area (Å²) in [6.45, 7) is 5.31. The number of nitrogens with zero attached hydrogens (tertiary/aromatic N) is 1. The molecule has 0 bridgehead atoms. The van der Waals surface area contributed by atoms with Crippen molar-refractivity contribution < 1.29 is 9.53 Å². The highest BCUT2D eigenvalue weighted by molar-refractivity contribution is 5.92. The zero-order valence-electron chi connectivity index (χ0n) is 8.25. The Labute approximate surface area is 83.7 Å². The second kappa shape index (κ2) is 4.61. The number of ether oxygens (including phenoxy) is 1. The van der Waals surface area contributed by atoms with Gasteiger partial charge in [-0.3, -0.25) is 0 Å². The van der Waals surface area contributed by atoms with E-state index in [1.165, 1.54) is 5.57 Å². The summed E-state index contributed by atoms with van der Waals surface area (Å²) in [5.74, 6) is -0.608. The van der Waals surface area contributed by atoms with Gasteiger partial charge in [-0.2, -0.15) is 5.26 Å². The van der Waals surface area contributed by atoms with E-state index in [0.29, 0.717) is 0 Å². The van der Waals surface area contributed by atoms with Gasteiger partial charge in [-0.15, -0.1) is 0 Å². The first-order valence-corrected chi connectivity index (χ1v) is 4.60. The molecule has 3 heteroatoms. The molecule has 3 nitrogen and oxygen atoms in total. The topological polar surface area (TPSA) is 50.1 Å². The molecule has 0 saturated carbocycles. The molecule has 0 fully saturated rings. The lowest BCUT2D eigenvalue weighted by Gasteiger charge is -2.19. The number of esters is 1. The molecule has 1 atom stereocenters. The summed E-state index contributed by atoms with van der Waals surface area (Å²) < 4.78 is 5.08. The number of nitriles is 1. The molecule has 0 radical (unpaired) electrons. The molecule has 1 aliphatic carbocycles. The van der Waals surface area contributed by atoms with E-state index in [2.05, 4.69) is 6.58 Å².